The monoisotopic (exact) mass is 296 g/mol. The quantitative estimate of drug-likeness (QED) is 0.333. The van der Waals surface area contributed by atoms with Gasteiger partial charge in [-0.3, -0.25) is 20.2 Å². The first-order valence-electron chi connectivity index (χ1n) is 6.46. The van der Waals surface area contributed by atoms with E-state index in [1.165, 1.54) is 22.9 Å². The van der Waals surface area contributed by atoms with Crippen LogP contribution in [-0.2, 0) is 0 Å². The standard InChI is InChI=1S/C15H16N6O/c1-9(17)12-7-11(2-3-13(12)18)20-15(22)10-4-5-21(8-16)14(19)6-10/h2-8,16-17,19H,18H2,1H3,(H,20,22). The molecule has 7 nitrogen and oxygen atoms in total. The molecule has 0 fully saturated rings. The molecule has 6 N–H and O–H groups in total. The Morgan fingerprint density at radius 3 is 2.64 bits per heavy atom. The summed E-state index contributed by atoms with van der Waals surface area (Å²) in [6, 6.07) is 7.83. The van der Waals surface area contributed by atoms with Gasteiger partial charge in [0.05, 0.1) is 6.34 Å². The Labute approximate surface area is 126 Å². The average molecular weight is 296 g/mol. The van der Waals surface area contributed by atoms with Crippen molar-refractivity contribution in [1.82, 2.24) is 4.57 Å². The Morgan fingerprint density at radius 2 is 2.05 bits per heavy atom. The van der Waals surface area contributed by atoms with E-state index in [2.05, 4.69) is 5.32 Å². The molecule has 1 aromatic heterocycles. The fourth-order valence-electron chi connectivity index (χ4n) is 1.93. The predicted molar refractivity (Wildman–Crippen MR) is 85.8 cm³/mol. The second kappa shape index (κ2) is 6.04. The maximum absolute atomic E-state index is 12.2. The zero-order chi connectivity index (χ0) is 16.3. The van der Waals surface area contributed by atoms with E-state index in [1.807, 2.05) is 0 Å². The van der Waals surface area contributed by atoms with E-state index >= 15 is 0 Å². The minimum atomic E-state index is -0.371. The van der Waals surface area contributed by atoms with Crippen LogP contribution in [-0.4, -0.2) is 22.5 Å². The summed E-state index contributed by atoms with van der Waals surface area (Å²) in [5, 5.41) is 25.2. The molecule has 1 amide bonds. The van der Waals surface area contributed by atoms with E-state index < -0.39 is 0 Å². The summed E-state index contributed by atoms with van der Waals surface area (Å²) >= 11 is 0. The number of hydrogen-bond donors (Lipinski definition) is 5. The van der Waals surface area contributed by atoms with Crippen LogP contribution in [0.15, 0.2) is 36.5 Å². The molecule has 0 spiro atoms. The second-order valence-corrected chi connectivity index (χ2v) is 4.72. The van der Waals surface area contributed by atoms with E-state index in [9.17, 15) is 4.79 Å². The molecule has 0 saturated carbocycles. The molecule has 0 aliphatic heterocycles. The lowest BCUT2D eigenvalue weighted by Crippen LogP contribution is -2.22. The van der Waals surface area contributed by atoms with Crippen LogP contribution in [0.4, 0.5) is 11.4 Å². The Hall–Kier alpha value is -3.22. The summed E-state index contributed by atoms with van der Waals surface area (Å²) in [7, 11) is 0. The van der Waals surface area contributed by atoms with Gasteiger partial charge in [0.15, 0.2) is 0 Å². The fraction of sp³-hybridized carbons (Fsp3) is 0.0667. The predicted octanol–water partition coefficient (Wildman–Crippen LogP) is 1.65. The third-order valence-electron chi connectivity index (χ3n) is 3.10. The highest BCUT2D eigenvalue weighted by Crippen LogP contribution is 2.18. The first-order valence-corrected chi connectivity index (χ1v) is 6.46. The lowest BCUT2D eigenvalue weighted by molar-refractivity contribution is 0.102. The van der Waals surface area contributed by atoms with Gasteiger partial charge in [0.1, 0.15) is 5.49 Å². The summed E-state index contributed by atoms with van der Waals surface area (Å²) in [6.07, 6.45) is 2.46. The number of anilines is 2. The van der Waals surface area contributed by atoms with Gasteiger partial charge in [0.25, 0.3) is 5.91 Å². The Bertz CT molecular complexity index is 821. The minimum Gasteiger partial charge on any atom is -0.398 e. The second-order valence-electron chi connectivity index (χ2n) is 4.72. The summed E-state index contributed by atoms with van der Waals surface area (Å²) < 4.78 is 1.27. The number of carbonyl (C=O) groups excluding carboxylic acids is 1. The van der Waals surface area contributed by atoms with Gasteiger partial charge in [0, 0.05) is 34.4 Å². The van der Waals surface area contributed by atoms with E-state index in [1.54, 1.807) is 25.1 Å². The maximum atomic E-state index is 12.2. The molecule has 0 aliphatic carbocycles. The van der Waals surface area contributed by atoms with E-state index in [4.69, 9.17) is 22.0 Å². The highest BCUT2D eigenvalue weighted by atomic mass is 16.1. The van der Waals surface area contributed by atoms with Crippen LogP contribution in [0.5, 0.6) is 0 Å². The van der Waals surface area contributed by atoms with Gasteiger partial charge in [-0.1, -0.05) is 0 Å². The molecule has 22 heavy (non-hydrogen) atoms. The topological polar surface area (TPSA) is 132 Å². The molecule has 0 unspecified atom stereocenters. The van der Waals surface area contributed by atoms with E-state index in [0.717, 1.165) is 6.34 Å². The Morgan fingerprint density at radius 1 is 1.32 bits per heavy atom. The third kappa shape index (κ3) is 3.09. The van der Waals surface area contributed by atoms with Crippen LogP contribution in [0.1, 0.15) is 22.8 Å². The first kappa shape index (κ1) is 15.2. The summed E-state index contributed by atoms with van der Waals surface area (Å²) in [6.45, 7) is 1.62. The normalized spacial score (nSPS) is 10.0. The zero-order valence-electron chi connectivity index (χ0n) is 12.0. The number of rotatable bonds is 4. The number of nitrogens with two attached hydrogens (primary N) is 1. The van der Waals surface area contributed by atoms with Crippen LogP contribution in [0, 0.1) is 16.2 Å². The summed E-state index contributed by atoms with van der Waals surface area (Å²) in [4.78, 5) is 12.2. The molecule has 1 aromatic carbocycles. The highest BCUT2D eigenvalue weighted by Gasteiger charge is 2.09. The average Bonchev–Trinajstić information content (AvgIpc) is 2.48. The lowest BCUT2D eigenvalue weighted by atomic mass is 10.1. The van der Waals surface area contributed by atoms with Crippen molar-refractivity contribution in [1.29, 1.82) is 16.2 Å². The fourth-order valence-corrected chi connectivity index (χ4v) is 1.93. The number of benzene rings is 1. The van der Waals surface area contributed by atoms with Crippen molar-refractivity contribution in [3.63, 3.8) is 0 Å². The van der Waals surface area contributed by atoms with Crippen molar-refractivity contribution in [3.05, 3.63) is 53.1 Å². The molecule has 112 valence electrons. The molecule has 0 radical (unpaired) electrons. The number of nitrogen functional groups attached to an aromatic ring is 1. The Kier molecular flexibility index (Phi) is 4.17. The summed E-state index contributed by atoms with van der Waals surface area (Å²) in [5.41, 5.74) is 8.01. The van der Waals surface area contributed by atoms with Crippen molar-refractivity contribution in [2.24, 2.45) is 0 Å². The van der Waals surface area contributed by atoms with Gasteiger partial charge < -0.3 is 16.5 Å². The molecule has 1 heterocycles. The van der Waals surface area contributed by atoms with Crippen LogP contribution < -0.4 is 16.5 Å². The number of pyridine rings is 1. The SMILES string of the molecule is CC(=N)c1cc(NC(=O)c2ccn(C=N)c(=N)c2)ccc1N. The van der Waals surface area contributed by atoms with Crippen LogP contribution >= 0.6 is 0 Å². The first-order chi connectivity index (χ1) is 10.4. The number of aromatic nitrogens is 1. The molecular weight excluding hydrogens is 280 g/mol. The molecule has 0 atom stereocenters. The van der Waals surface area contributed by atoms with Crippen molar-refractivity contribution in [3.8, 4) is 0 Å². The number of nitrogens with one attached hydrogen (secondary N) is 4. The molecule has 7 heteroatoms. The van der Waals surface area contributed by atoms with Crippen molar-refractivity contribution in [2.75, 3.05) is 11.1 Å². The molecule has 2 rings (SSSR count). The van der Waals surface area contributed by atoms with Gasteiger partial charge in [-0.2, -0.15) is 0 Å². The molecule has 0 saturated heterocycles. The molecule has 0 bridgehead atoms. The van der Waals surface area contributed by atoms with Gasteiger partial charge in [0.2, 0.25) is 0 Å². The van der Waals surface area contributed by atoms with Crippen molar-refractivity contribution < 1.29 is 4.79 Å². The highest BCUT2D eigenvalue weighted by molar-refractivity contribution is 6.06. The number of carbonyl (C=O) groups is 1. The minimum absolute atomic E-state index is 0.0379. The van der Waals surface area contributed by atoms with Gasteiger partial charge in [-0.25, -0.2) is 0 Å². The summed E-state index contributed by atoms with van der Waals surface area (Å²) in [5.74, 6) is -0.371. The third-order valence-corrected chi connectivity index (χ3v) is 3.10. The smallest absolute Gasteiger partial charge is 0.255 e. The van der Waals surface area contributed by atoms with E-state index in [-0.39, 0.29) is 11.4 Å². The molecular formula is C15H16N6O. The van der Waals surface area contributed by atoms with Crippen molar-refractivity contribution in [2.45, 2.75) is 6.92 Å². The Balaban J connectivity index is 2.27. The van der Waals surface area contributed by atoms with E-state index in [0.29, 0.717) is 28.2 Å². The van der Waals surface area contributed by atoms with Crippen LogP contribution in [0.25, 0.3) is 0 Å². The number of nitrogens with zero attached hydrogens (tertiary/aromatic N) is 1. The number of hydrogen-bond acceptors (Lipinski definition) is 5. The largest absolute Gasteiger partial charge is 0.398 e. The molecule has 0 aliphatic rings. The van der Waals surface area contributed by atoms with Gasteiger partial charge in [-0.15, -0.1) is 0 Å². The lowest BCUT2D eigenvalue weighted by Gasteiger charge is -2.09. The zero-order valence-corrected chi connectivity index (χ0v) is 12.0. The molecule has 2 aromatic rings. The van der Waals surface area contributed by atoms with Gasteiger partial charge >= 0.3 is 0 Å². The van der Waals surface area contributed by atoms with Crippen LogP contribution in [0.2, 0.25) is 0 Å². The van der Waals surface area contributed by atoms with Crippen molar-refractivity contribution >= 4 is 29.3 Å². The van der Waals surface area contributed by atoms with Gasteiger partial charge in [-0.05, 0) is 37.3 Å². The number of amides is 1. The van der Waals surface area contributed by atoms with Crippen LogP contribution in [0.3, 0.4) is 0 Å². The maximum Gasteiger partial charge on any atom is 0.255 e.